The van der Waals surface area contributed by atoms with Gasteiger partial charge in [-0.25, -0.2) is 9.67 Å². The molecule has 1 atom stereocenters. The molecular weight excluding hydrogens is 422 g/mol. The Labute approximate surface area is 189 Å². The average molecular weight is 446 g/mol. The van der Waals surface area contributed by atoms with Crippen LogP contribution in [0.1, 0.15) is 29.2 Å². The number of hydrogen-bond donors (Lipinski definition) is 1. The number of aromatic nitrogens is 4. The second-order valence-corrected chi connectivity index (χ2v) is 9.21. The lowest BCUT2D eigenvalue weighted by atomic mass is 10.1. The first kappa shape index (κ1) is 20.5. The van der Waals surface area contributed by atoms with Gasteiger partial charge >= 0.3 is 0 Å². The van der Waals surface area contributed by atoms with Crippen LogP contribution in [0.4, 0.5) is 5.69 Å². The van der Waals surface area contributed by atoms with E-state index >= 15 is 0 Å². The molecule has 4 aromatic rings. The first-order chi connectivity index (χ1) is 15.4. The molecule has 1 unspecified atom stereocenters. The van der Waals surface area contributed by atoms with Crippen molar-refractivity contribution in [1.82, 2.24) is 19.3 Å². The van der Waals surface area contributed by atoms with Gasteiger partial charge in [-0.3, -0.25) is 14.2 Å². The number of carbonyl (C=O) groups is 1. The van der Waals surface area contributed by atoms with Crippen LogP contribution in [0.2, 0.25) is 0 Å². The first-order valence-electron chi connectivity index (χ1n) is 10.5. The van der Waals surface area contributed by atoms with Gasteiger partial charge in [-0.1, -0.05) is 30.0 Å². The highest BCUT2D eigenvalue weighted by atomic mass is 32.2. The number of anilines is 1. The third-order valence-electron chi connectivity index (χ3n) is 5.83. The van der Waals surface area contributed by atoms with E-state index in [4.69, 9.17) is 4.98 Å². The van der Waals surface area contributed by atoms with Crippen molar-refractivity contribution in [3.63, 3.8) is 0 Å². The molecule has 1 aliphatic heterocycles. The number of fused-ring (bicyclic) bond motifs is 2. The van der Waals surface area contributed by atoms with E-state index in [9.17, 15) is 9.59 Å². The van der Waals surface area contributed by atoms with Gasteiger partial charge in [0.05, 0.1) is 17.9 Å². The summed E-state index contributed by atoms with van der Waals surface area (Å²) in [6.45, 7) is 6.09. The van der Waals surface area contributed by atoms with E-state index < -0.39 is 0 Å². The summed E-state index contributed by atoms with van der Waals surface area (Å²) in [5.41, 5.74) is 5.45. The fourth-order valence-electron chi connectivity index (χ4n) is 3.98. The predicted octanol–water partition coefficient (Wildman–Crippen LogP) is 4.18. The van der Waals surface area contributed by atoms with Gasteiger partial charge in [0.25, 0.3) is 5.56 Å². The van der Waals surface area contributed by atoms with Gasteiger partial charge in [0.2, 0.25) is 5.91 Å². The van der Waals surface area contributed by atoms with E-state index in [0.29, 0.717) is 21.9 Å². The molecule has 0 radical (unpaired) electrons. The zero-order chi connectivity index (χ0) is 22.4. The summed E-state index contributed by atoms with van der Waals surface area (Å²) in [5, 5.41) is 8.46. The second kappa shape index (κ2) is 7.94. The molecule has 8 heteroatoms. The average Bonchev–Trinajstić information content (AvgIpc) is 3.35. The molecule has 162 valence electrons. The maximum Gasteiger partial charge on any atom is 0.265 e. The molecule has 0 saturated carbocycles. The van der Waals surface area contributed by atoms with Crippen molar-refractivity contribution in [1.29, 1.82) is 0 Å². The number of thioether (sulfide) groups is 1. The van der Waals surface area contributed by atoms with Crippen LogP contribution in [-0.4, -0.2) is 31.0 Å². The van der Waals surface area contributed by atoms with E-state index in [-0.39, 0.29) is 23.9 Å². The van der Waals surface area contributed by atoms with Crippen molar-refractivity contribution in [2.24, 2.45) is 0 Å². The second-order valence-electron chi connectivity index (χ2n) is 8.22. The van der Waals surface area contributed by atoms with Crippen molar-refractivity contribution < 1.29 is 4.79 Å². The van der Waals surface area contributed by atoms with E-state index in [1.807, 2.05) is 56.3 Å². The molecule has 0 saturated heterocycles. The maximum atomic E-state index is 13.3. The molecule has 1 aliphatic rings. The summed E-state index contributed by atoms with van der Waals surface area (Å²) >= 11 is 1.50. The third-order valence-corrected chi connectivity index (χ3v) is 6.93. The summed E-state index contributed by atoms with van der Waals surface area (Å²) in [4.78, 5) is 30.7. The van der Waals surface area contributed by atoms with Crippen molar-refractivity contribution in [3.8, 4) is 5.69 Å². The van der Waals surface area contributed by atoms with Crippen LogP contribution in [0.15, 0.2) is 58.6 Å². The molecule has 5 rings (SSSR count). The minimum atomic E-state index is -0.242. The van der Waals surface area contributed by atoms with Gasteiger partial charge in [-0.15, -0.1) is 0 Å². The lowest BCUT2D eigenvalue weighted by Gasteiger charge is -2.14. The molecule has 0 aliphatic carbocycles. The Kier molecular flexibility index (Phi) is 5.09. The van der Waals surface area contributed by atoms with E-state index in [1.165, 1.54) is 17.3 Å². The fraction of sp³-hybridized carbons (Fsp3) is 0.250. The number of aryl methyl sites for hydroxylation is 3. The molecule has 1 amide bonds. The highest BCUT2D eigenvalue weighted by Crippen LogP contribution is 2.33. The first-order valence-corrected chi connectivity index (χ1v) is 11.5. The molecule has 1 N–H and O–H groups in total. The van der Waals surface area contributed by atoms with Crippen LogP contribution in [0.25, 0.3) is 16.7 Å². The van der Waals surface area contributed by atoms with Gasteiger partial charge < -0.3 is 5.32 Å². The molecule has 0 fully saturated rings. The summed E-state index contributed by atoms with van der Waals surface area (Å²) < 4.78 is 3.36. The fourth-order valence-corrected chi connectivity index (χ4v) is 5.11. The zero-order valence-electron chi connectivity index (χ0n) is 18.1. The van der Waals surface area contributed by atoms with E-state index in [2.05, 4.69) is 17.3 Å². The smallest absolute Gasteiger partial charge is 0.265 e. The van der Waals surface area contributed by atoms with E-state index in [0.717, 1.165) is 22.5 Å². The third kappa shape index (κ3) is 3.60. The van der Waals surface area contributed by atoms with Crippen molar-refractivity contribution in [3.05, 3.63) is 75.7 Å². The van der Waals surface area contributed by atoms with E-state index in [1.54, 1.807) is 15.4 Å². The largest absolute Gasteiger partial charge is 0.326 e. The monoisotopic (exact) mass is 445 g/mol. The Morgan fingerprint density at radius 2 is 2.00 bits per heavy atom. The number of amides is 1. The van der Waals surface area contributed by atoms with Crippen LogP contribution in [0.3, 0.4) is 0 Å². The quantitative estimate of drug-likeness (QED) is 0.477. The molecule has 0 bridgehead atoms. The Morgan fingerprint density at radius 3 is 2.78 bits per heavy atom. The molecular formula is C24H23N5O2S. The lowest BCUT2D eigenvalue weighted by molar-refractivity contribution is -0.116. The molecule has 0 spiro atoms. The number of nitrogens with zero attached hydrogens (tertiary/aromatic N) is 4. The highest BCUT2D eigenvalue weighted by molar-refractivity contribution is 7.99. The maximum absolute atomic E-state index is 13.3. The van der Waals surface area contributed by atoms with Crippen LogP contribution in [0, 0.1) is 20.8 Å². The molecule has 3 heterocycles. The van der Waals surface area contributed by atoms with Gasteiger partial charge in [0, 0.05) is 17.9 Å². The Bertz CT molecular complexity index is 1420. The number of hydrogen-bond acceptors (Lipinski definition) is 5. The van der Waals surface area contributed by atoms with Gasteiger partial charge in [-0.2, -0.15) is 5.10 Å². The van der Waals surface area contributed by atoms with Gasteiger partial charge in [0.15, 0.2) is 10.8 Å². The standard InChI is InChI=1S/C24H23N5O2S/c1-14-5-4-6-17(9-14)26-21(30)11-19-13-32-24-27-22-20(23(31)28(19)24)12-25-29(22)18-8-7-15(2)16(3)10-18/h4-10,12,19H,11,13H2,1-3H3,(H,26,30). The molecule has 2 aromatic carbocycles. The topological polar surface area (TPSA) is 81.8 Å². The molecule has 32 heavy (non-hydrogen) atoms. The normalized spacial score (nSPS) is 15.2. The van der Waals surface area contributed by atoms with Crippen LogP contribution < -0.4 is 10.9 Å². The van der Waals surface area contributed by atoms with Crippen molar-refractivity contribution >= 4 is 34.4 Å². The van der Waals surface area contributed by atoms with Crippen LogP contribution in [0.5, 0.6) is 0 Å². The summed E-state index contributed by atoms with van der Waals surface area (Å²) in [7, 11) is 0. The van der Waals surface area contributed by atoms with Crippen LogP contribution >= 0.6 is 11.8 Å². The minimum Gasteiger partial charge on any atom is -0.326 e. The van der Waals surface area contributed by atoms with Crippen LogP contribution in [-0.2, 0) is 4.79 Å². The summed E-state index contributed by atoms with van der Waals surface area (Å²) in [6, 6.07) is 13.5. The Morgan fingerprint density at radius 1 is 1.16 bits per heavy atom. The van der Waals surface area contributed by atoms with Crippen molar-refractivity contribution in [2.75, 3.05) is 11.1 Å². The Balaban J connectivity index is 1.46. The van der Waals surface area contributed by atoms with Gasteiger partial charge in [0.1, 0.15) is 5.39 Å². The predicted molar refractivity (Wildman–Crippen MR) is 127 cm³/mol. The molecule has 2 aromatic heterocycles. The number of carbonyl (C=O) groups excluding carboxylic acids is 1. The Hall–Kier alpha value is -3.39. The minimum absolute atomic E-state index is 0.119. The van der Waals surface area contributed by atoms with Gasteiger partial charge in [-0.05, 0) is 61.7 Å². The zero-order valence-corrected chi connectivity index (χ0v) is 18.9. The number of rotatable bonds is 4. The number of nitrogens with one attached hydrogen (secondary N) is 1. The van der Waals surface area contributed by atoms with Crippen molar-refractivity contribution in [2.45, 2.75) is 38.4 Å². The summed E-state index contributed by atoms with van der Waals surface area (Å²) in [5.74, 6) is 0.513. The molecule has 7 nitrogen and oxygen atoms in total. The number of benzene rings is 2. The summed E-state index contributed by atoms with van der Waals surface area (Å²) in [6.07, 6.45) is 1.78. The lowest BCUT2D eigenvalue weighted by Crippen LogP contribution is -2.27. The highest BCUT2D eigenvalue weighted by Gasteiger charge is 2.29. The SMILES string of the molecule is Cc1cccc(NC(=O)CC2CSc3nc4c(cnn4-c4ccc(C)c(C)c4)c(=O)n32)c1.